The molecule has 0 spiro atoms. The van der Waals surface area contributed by atoms with Crippen LogP contribution in [0.3, 0.4) is 0 Å². The van der Waals surface area contributed by atoms with Gasteiger partial charge in [0.05, 0.1) is 10.7 Å². The Morgan fingerprint density at radius 2 is 2.00 bits per heavy atom. The van der Waals surface area contributed by atoms with Crippen LogP contribution in [0, 0.1) is 19.3 Å². The van der Waals surface area contributed by atoms with Crippen molar-refractivity contribution in [2.75, 3.05) is 20.1 Å². The minimum atomic E-state index is 0.163. The van der Waals surface area contributed by atoms with Crippen LogP contribution >= 0.6 is 11.3 Å². The molecular formula is C13H25N3S. The van der Waals surface area contributed by atoms with Crippen molar-refractivity contribution in [2.24, 2.45) is 11.1 Å². The average Bonchev–Trinajstić information content (AvgIpc) is 2.56. The third-order valence-corrected chi connectivity index (χ3v) is 4.45. The number of thiazole rings is 1. The first-order valence-electron chi connectivity index (χ1n) is 6.11. The predicted molar refractivity (Wildman–Crippen MR) is 75.5 cm³/mol. The number of aryl methyl sites for hydroxylation is 2. The summed E-state index contributed by atoms with van der Waals surface area (Å²) in [5.74, 6) is 0. The van der Waals surface area contributed by atoms with Crippen LogP contribution in [0.5, 0.6) is 0 Å². The highest BCUT2D eigenvalue weighted by atomic mass is 32.1. The molecule has 1 aromatic heterocycles. The number of nitrogens with zero attached hydrogens (tertiary/aromatic N) is 2. The Morgan fingerprint density at radius 1 is 1.41 bits per heavy atom. The van der Waals surface area contributed by atoms with E-state index >= 15 is 0 Å². The molecule has 1 heterocycles. The van der Waals surface area contributed by atoms with Crippen molar-refractivity contribution < 1.29 is 0 Å². The first-order chi connectivity index (χ1) is 7.76. The Balaban J connectivity index is 2.76. The molecule has 0 aliphatic heterocycles. The molecule has 1 unspecified atom stereocenters. The Bertz CT molecular complexity index is 371. The van der Waals surface area contributed by atoms with Gasteiger partial charge in [0.2, 0.25) is 0 Å². The van der Waals surface area contributed by atoms with E-state index in [1.165, 1.54) is 4.88 Å². The second-order valence-corrected chi connectivity index (χ2v) is 6.88. The molecule has 0 fully saturated rings. The van der Waals surface area contributed by atoms with Crippen molar-refractivity contribution in [1.82, 2.24) is 9.88 Å². The molecule has 1 aromatic rings. The first-order valence-corrected chi connectivity index (χ1v) is 6.92. The lowest BCUT2D eigenvalue weighted by Gasteiger charge is -2.32. The SMILES string of the molecule is Cc1nc(C)c(C(C)N(C)CC(C)(C)CN)s1. The number of rotatable bonds is 5. The Hall–Kier alpha value is -0.450. The van der Waals surface area contributed by atoms with E-state index < -0.39 is 0 Å². The standard InChI is InChI=1S/C13H25N3S/c1-9-12(17-11(3)15-9)10(2)16(6)8-13(4,5)7-14/h10H,7-8,14H2,1-6H3. The lowest BCUT2D eigenvalue weighted by Crippen LogP contribution is -2.37. The van der Waals surface area contributed by atoms with Crippen molar-refractivity contribution in [3.05, 3.63) is 15.6 Å². The third kappa shape index (κ3) is 3.76. The first kappa shape index (κ1) is 14.6. The van der Waals surface area contributed by atoms with Crippen LogP contribution < -0.4 is 5.73 Å². The number of hydrogen-bond acceptors (Lipinski definition) is 4. The van der Waals surface area contributed by atoms with E-state index in [0.29, 0.717) is 12.6 Å². The monoisotopic (exact) mass is 255 g/mol. The number of nitrogens with two attached hydrogens (primary N) is 1. The van der Waals surface area contributed by atoms with E-state index in [0.717, 1.165) is 17.2 Å². The van der Waals surface area contributed by atoms with Crippen molar-refractivity contribution in [3.8, 4) is 0 Å². The fraction of sp³-hybridized carbons (Fsp3) is 0.769. The molecule has 98 valence electrons. The van der Waals surface area contributed by atoms with E-state index in [1.54, 1.807) is 11.3 Å². The highest BCUT2D eigenvalue weighted by Gasteiger charge is 2.23. The number of hydrogen-bond donors (Lipinski definition) is 1. The third-order valence-electron chi connectivity index (χ3n) is 3.21. The van der Waals surface area contributed by atoms with Gasteiger partial charge in [0, 0.05) is 17.5 Å². The Labute approximate surface area is 109 Å². The smallest absolute Gasteiger partial charge is 0.0900 e. The van der Waals surface area contributed by atoms with E-state index in [4.69, 9.17) is 5.73 Å². The summed E-state index contributed by atoms with van der Waals surface area (Å²) in [6, 6.07) is 0.409. The minimum absolute atomic E-state index is 0.163. The van der Waals surface area contributed by atoms with Crippen molar-refractivity contribution >= 4 is 11.3 Å². The summed E-state index contributed by atoms with van der Waals surface area (Å²) in [7, 11) is 2.16. The lowest BCUT2D eigenvalue weighted by molar-refractivity contribution is 0.175. The van der Waals surface area contributed by atoms with Crippen molar-refractivity contribution in [2.45, 2.75) is 40.7 Å². The lowest BCUT2D eigenvalue weighted by atomic mass is 9.92. The molecule has 3 nitrogen and oxygen atoms in total. The quantitative estimate of drug-likeness (QED) is 0.879. The molecule has 1 atom stereocenters. The average molecular weight is 255 g/mol. The molecule has 0 amide bonds. The Kier molecular flexibility index (Phi) is 4.69. The molecule has 0 aromatic carbocycles. The molecule has 2 N–H and O–H groups in total. The van der Waals surface area contributed by atoms with Gasteiger partial charge in [-0.25, -0.2) is 4.98 Å². The predicted octanol–water partition coefficient (Wildman–Crippen LogP) is 2.74. The molecule has 4 heteroatoms. The molecule has 0 bridgehead atoms. The normalized spacial score (nSPS) is 14.4. The van der Waals surface area contributed by atoms with E-state index in [2.05, 4.69) is 51.6 Å². The van der Waals surface area contributed by atoms with Gasteiger partial charge in [0.1, 0.15) is 0 Å². The summed E-state index contributed by atoms with van der Waals surface area (Å²) in [6.45, 7) is 12.5. The van der Waals surface area contributed by atoms with Gasteiger partial charge < -0.3 is 5.73 Å². The molecule has 0 saturated carbocycles. The molecule has 0 radical (unpaired) electrons. The van der Waals surface area contributed by atoms with Crippen LogP contribution in [0.2, 0.25) is 0 Å². The van der Waals surface area contributed by atoms with Gasteiger partial charge in [0.15, 0.2) is 0 Å². The fourth-order valence-corrected chi connectivity index (χ4v) is 3.06. The van der Waals surface area contributed by atoms with Crippen LogP contribution in [0.15, 0.2) is 0 Å². The maximum absolute atomic E-state index is 5.79. The summed E-state index contributed by atoms with van der Waals surface area (Å²) in [6.07, 6.45) is 0. The van der Waals surface area contributed by atoms with Crippen LogP contribution in [-0.4, -0.2) is 30.0 Å². The largest absolute Gasteiger partial charge is 0.330 e. The van der Waals surface area contributed by atoms with Gasteiger partial charge in [-0.2, -0.15) is 0 Å². The summed E-state index contributed by atoms with van der Waals surface area (Å²) in [5.41, 5.74) is 7.12. The molecule has 1 rings (SSSR count). The maximum Gasteiger partial charge on any atom is 0.0900 e. The highest BCUT2D eigenvalue weighted by molar-refractivity contribution is 7.11. The van der Waals surface area contributed by atoms with E-state index in [-0.39, 0.29) is 5.41 Å². The summed E-state index contributed by atoms with van der Waals surface area (Å²) < 4.78 is 0. The molecule has 0 saturated heterocycles. The maximum atomic E-state index is 5.79. The summed E-state index contributed by atoms with van der Waals surface area (Å²) in [4.78, 5) is 8.24. The molecule has 0 aliphatic rings. The van der Waals surface area contributed by atoms with Crippen LogP contribution in [0.25, 0.3) is 0 Å². The zero-order valence-electron chi connectivity index (χ0n) is 11.9. The van der Waals surface area contributed by atoms with Crippen LogP contribution in [0.4, 0.5) is 0 Å². The number of aromatic nitrogens is 1. The van der Waals surface area contributed by atoms with Gasteiger partial charge in [-0.1, -0.05) is 13.8 Å². The second-order valence-electron chi connectivity index (χ2n) is 5.64. The van der Waals surface area contributed by atoms with Gasteiger partial charge in [-0.3, -0.25) is 4.90 Å². The van der Waals surface area contributed by atoms with E-state index in [9.17, 15) is 0 Å². The zero-order valence-corrected chi connectivity index (χ0v) is 12.7. The fourth-order valence-electron chi connectivity index (χ4n) is 2.01. The van der Waals surface area contributed by atoms with E-state index in [1.807, 2.05) is 0 Å². The highest BCUT2D eigenvalue weighted by Crippen LogP contribution is 2.29. The second kappa shape index (κ2) is 5.46. The molecule has 17 heavy (non-hydrogen) atoms. The minimum Gasteiger partial charge on any atom is -0.330 e. The molecule has 0 aliphatic carbocycles. The van der Waals surface area contributed by atoms with Gasteiger partial charge in [-0.05, 0) is 39.8 Å². The van der Waals surface area contributed by atoms with Gasteiger partial charge >= 0.3 is 0 Å². The van der Waals surface area contributed by atoms with Gasteiger partial charge in [-0.15, -0.1) is 11.3 Å². The topological polar surface area (TPSA) is 42.2 Å². The van der Waals surface area contributed by atoms with Crippen molar-refractivity contribution in [1.29, 1.82) is 0 Å². The van der Waals surface area contributed by atoms with Crippen LogP contribution in [0.1, 0.15) is 42.4 Å². The van der Waals surface area contributed by atoms with Gasteiger partial charge in [0.25, 0.3) is 0 Å². The van der Waals surface area contributed by atoms with Crippen molar-refractivity contribution in [3.63, 3.8) is 0 Å². The summed E-state index contributed by atoms with van der Waals surface area (Å²) >= 11 is 1.80. The van der Waals surface area contributed by atoms with Crippen LogP contribution in [-0.2, 0) is 0 Å². The zero-order chi connectivity index (χ0) is 13.2. The summed E-state index contributed by atoms with van der Waals surface area (Å²) in [5, 5.41) is 1.15. The Morgan fingerprint density at radius 3 is 2.41 bits per heavy atom. The molecular weight excluding hydrogens is 230 g/mol.